The quantitative estimate of drug-likeness (QED) is 0.383. The lowest BCUT2D eigenvalue weighted by Crippen LogP contribution is -2.32. The summed E-state index contributed by atoms with van der Waals surface area (Å²) >= 11 is 15.6. The summed E-state index contributed by atoms with van der Waals surface area (Å²) in [7, 11) is 0. The molecule has 9 heteroatoms. The molecule has 1 saturated carbocycles. The standard InChI is InChI=1S/C18H13Br3N2O3S/c19-9-5-13(20)16(14(21)6-9)25-8-12-4-3-11(26-12)7-15-17(24)23(10-1-2-10)18(27)22-15/h3-7,10H,1-2,8H2,(H,22,27)/b15-7+. The first-order valence-electron chi connectivity index (χ1n) is 8.14. The molecule has 1 amide bonds. The number of carbonyl (C=O) groups is 1. The van der Waals surface area contributed by atoms with E-state index in [1.54, 1.807) is 17.0 Å². The van der Waals surface area contributed by atoms with Gasteiger partial charge in [-0.15, -0.1) is 0 Å². The topological polar surface area (TPSA) is 54.7 Å². The molecule has 0 spiro atoms. The summed E-state index contributed by atoms with van der Waals surface area (Å²) in [6, 6.07) is 7.68. The molecule has 1 saturated heterocycles. The molecule has 5 nitrogen and oxygen atoms in total. The Hall–Kier alpha value is -1.16. The van der Waals surface area contributed by atoms with E-state index in [4.69, 9.17) is 21.4 Å². The molecule has 1 aliphatic heterocycles. The molecule has 2 fully saturated rings. The van der Waals surface area contributed by atoms with Crippen LogP contribution in [0, 0.1) is 0 Å². The number of carbonyl (C=O) groups excluding carboxylic acids is 1. The van der Waals surface area contributed by atoms with Gasteiger partial charge in [-0.3, -0.25) is 9.69 Å². The average molecular weight is 577 g/mol. The minimum absolute atomic E-state index is 0.0978. The Morgan fingerprint density at radius 1 is 1.26 bits per heavy atom. The van der Waals surface area contributed by atoms with E-state index in [0.29, 0.717) is 28.1 Å². The van der Waals surface area contributed by atoms with Gasteiger partial charge < -0.3 is 14.5 Å². The van der Waals surface area contributed by atoms with Crippen LogP contribution in [0.2, 0.25) is 0 Å². The molecular formula is C18H13Br3N2O3S. The largest absolute Gasteiger partial charge is 0.483 e. The van der Waals surface area contributed by atoms with E-state index < -0.39 is 0 Å². The molecule has 140 valence electrons. The van der Waals surface area contributed by atoms with E-state index >= 15 is 0 Å². The second-order valence-corrected chi connectivity index (χ2v) is 9.20. The molecule has 0 atom stereocenters. The molecule has 2 aromatic rings. The lowest BCUT2D eigenvalue weighted by atomic mass is 10.3. The number of nitrogens with zero attached hydrogens (tertiary/aromatic N) is 1. The van der Waals surface area contributed by atoms with Gasteiger partial charge in [-0.1, -0.05) is 15.9 Å². The second-order valence-electron chi connectivity index (χ2n) is 6.19. The van der Waals surface area contributed by atoms with Crippen LogP contribution in [0.15, 0.2) is 47.8 Å². The monoisotopic (exact) mass is 574 g/mol. The molecule has 2 aliphatic rings. The molecule has 0 unspecified atom stereocenters. The van der Waals surface area contributed by atoms with Crippen LogP contribution >= 0.6 is 60.0 Å². The SMILES string of the molecule is O=C1/C(=C\c2ccc(COc3c(Br)cc(Br)cc3Br)o2)NC(=S)N1C1CC1. The summed E-state index contributed by atoms with van der Waals surface area (Å²) in [6.07, 6.45) is 3.68. The maximum absolute atomic E-state index is 12.4. The van der Waals surface area contributed by atoms with E-state index in [0.717, 1.165) is 26.3 Å². The highest BCUT2D eigenvalue weighted by Gasteiger charge is 2.41. The molecule has 0 radical (unpaired) electrons. The first-order chi connectivity index (χ1) is 12.9. The fourth-order valence-corrected chi connectivity index (χ4v) is 5.54. The fourth-order valence-electron chi connectivity index (χ4n) is 2.72. The third-order valence-electron chi connectivity index (χ3n) is 4.11. The maximum Gasteiger partial charge on any atom is 0.276 e. The fraction of sp³-hybridized carbons (Fsp3) is 0.222. The summed E-state index contributed by atoms with van der Waals surface area (Å²) in [5.74, 6) is 1.81. The van der Waals surface area contributed by atoms with Gasteiger partial charge in [0, 0.05) is 16.6 Å². The highest BCUT2D eigenvalue weighted by atomic mass is 79.9. The van der Waals surface area contributed by atoms with Crippen LogP contribution in [0.1, 0.15) is 24.4 Å². The Bertz CT molecular complexity index is 946. The lowest BCUT2D eigenvalue weighted by Gasteiger charge is -2.11. The van der Waals surface area contributed by atoms with Crippen molar-refractivity contribution in [3.8, 4) is 5.75 Å². The Kier molecular flexibility index (Phi) is 5.46. The van der Waals surface area contributed by atoms with Crippen LogP contribution in [0.25, 0.3) is 6.08 Å². The zero-order chi connectivity index (χ0) is 19.1. The predicted molar refractivity (Wildman–Crippen MR) is 116 cm³/mol. The van der Waals surface area contributed by atoms with Crippen molar-refractivity contribution in [1.29, 1.82) is 0 Å². The highest BCUT2D eigenvalue weighted by Crippen LogP contribution is 2.37. The lowest BCUT2D eigenvalue weighted by molar-refractivity contribution is -0.122. The van der Waals surface area contributed by atoms with E-state index in [1.807, 2.05) is 18.2 Å². The van der Waals surface area contributed by atoms with Crippen molar-refractivity contribution in [2.75, 3.05) is 0 Å². The first kappa shape index (κ1) is 19.2. The zero-order valence-corrected chi connectivity index (χ0v) is 19.4. The van der Waals surface area contributed by atoms with Crippen LogP contribution in [0.4, 0.5) is 0 Å². The van der Waals surface area contributed by atoms with Crippen molar-refractivity contribution in [2.45, 2.75) is 25.5 Å². The number of rotatable bonds is 5. The van der Waals surface area contributed by atoms with Gasteiger partial charge in [0.1, 0.15) is 29.6 Å². The minimum atomic E-state index is -0.0978. The highest BCUT2D eigenvalue weighted by molar-refractivity contribution is 9.11. The van der Waals surface area contributed by atoms with E-state index in [9.17, 15) is 4.79 Å². The van der Waals surface area contributed by atoms with Crippen molar-refractivity contribution in [3.63, 3.8) is 0 Å². The zero-order valence-electron chi connectivity index (χ0n) is 13.8. The number of furan rings is 1. The molecule has 1 N–H and O–H groups in total. The van der Waals surface area contributed by atoms with Crippen LogP contribution in [0.3, 0.4) is 0 Å². The van der Waals surface area contributed by atoms with E-state index in [2.05, 4.69) is 53.1 Å². The average Bonchev–Trinajstić information content (AvgIpc) is 3.25. The molecular weight excluding hydrogens is 564 g/mol. The number of benzene rings is 1. The molecule has 27 heavy (non-hydrogen) atoms. The number of hydrogen-bond acceptors (Lipinski definition) is 4. The number of thiocarbonyl (C=S) groups is 1. The number of nitrogens with one attached hydrogen (secondary N) is 1. The first-order valence-corrected chi connectivity index (χ1v) is 10.9. The normalized spacial score (nSPS) is 18.3. The van der Waals surface area contributed by atoms with E-state index in [-0.39, 0.29) is 18.6 Å². The summed E-state index contributed by atoms with van der Waals surface area (Å²) in [6.45, 7) is 0.260. The Morgan fingerprint density at radius 3 is 2.63 bits per heavy atom. The Labute approximate surface area is 186 Å². The summed E-state index contributed by atoms with van der Waals surface area (Å²) in [5, 5.41) is 3.44. The molecule has 1 aliphatic carbocycles. The maximum atomic E-state index is 12.4. The molecule has 4 rings (SSSR count). The van der Waals surface area contributed by atoms with Crippen molar-refractivity contribution in [1.82, 2.24) is 10.2 Å². The Morgan fingerprint density at radius 2 is 1.96 bits per heavy atom. The van der Waals surface area contributed by atoms with Crippen LogP contribution in [0.5, 0.6) is 5.75 Å². The van der Waals surface area contributed by atoms with Gasteiger partial charge >= 0.3 is 0 Å². The van der Waals surface area contributed by atoms with Crippen LogP contribution < -0.4 is 10.1 Å². The second kappa shape index (κ2) is 7.69. The smallest absolute Gasteiger partial charge is 0.276 e. The van der Waals surface area contributed by atoms with Crippen molar-refractivity contribution < 1.29 is 13.9 Å². The van der Waals surface area contributed by atoms with Crippen LogP contribution in [-0.2, 0) is 11.4 Å². The molecule has 0 bridgehead atoms. The Balaban J connectivity index is 1.45. The van der Waals surface area contributed by atoms with Gasteiger partial charge in [-0.2, -0.15) is 0 Å². The predicted octanol–water partition coefficient (Wildman–Crippen LogP) is 5.37. The van der Waals surface area contributed by atoms with Crippen molar-refractivity contribution in [2.24, 2.45) is 0 Å². The van der Waals surface area contributed by atoms with E-state index in [1.165, 1.54) is 0 Å². The van der Waals surface area contributed by atoms with Crippen molar-refractivity contribution >= 4 is 77.1 Å². The van der Waals surface area contributed by atoms with Gasteiger partial charge in [0.25, 0.3) is 5.91 Å². The molecule has 1 aromatic heterocycles. The molecule has 1 aromatic carbocycles. The third-order valence-corrected chi connectivity index (χ3v) is 6.05. The number of ether oxygens (including phenoxy) is 1. The summed E-state index contributed by atoms with van der Waals surface area (Å²) < 4.78 is 14.2. The van der Waals surface area contributed by atoms with Gasteiger partial charge in [0.15, 0.2) is 5.11 Å². The summed E-state index contributed by atoms with van der Waals surface area (Å²) in [4.78, 5) is 14.1. The van der Waals surface area contributed by atoms with Crippen molar-refractivity contribution in [3.05, 3.63) is 54.9 Å². The number of amides is 1. The number of hydrogen-bond donors (Lipinski definition) is 1. The summed E-state index contributed by atoms with van der Waals surface area (Å²) in [5.41, 5.74) is 0.437. The number of halogens is 3. The minimum Gasteiger partial charge on any atom is -0.483 e. The van der Waals surface area contributed by atoms with Crippen LogP contribution in [-0.4, -0.2) is 22.0 Å². The van der Waals surface area contributed by atoms with Gasteiger partial charge in [0.2, 0.25) is 0 Å². The third kappa shape index (κ3) is 4.16. The van der Waals surface area contributed by atoms with Gasteiger partial charge in [0.05, 0.1) is 8.95 Å². The molecule has 2 heterocycles. The van der Waals surface area contributed by atoms with Gasteiger partial charge in [-0.25, -0.2) is 0 Å². The van der Waals surface area contributed by atoms with Gasteiger partial charge in [-0.05, 0) is 81.2 Å².